The monoisotopic (exact) mass is 403 g/mol. The minimum absolute atomic E-state index is 0.0632. The van der Waals surface area contributed by atoms with Crippen LogP contribution in [0.1, 0.15) is 0 Å². The first-order valence-electron chi connectivity index (χ1n) is 7.25. The molecular weight excluding hydrogens is 390 g/mol. The second kappa shape index (κ2) is 6.94. The van der Waals surface area contributed by atoms with Gasteiger partial charge in [-0.3, -0.25) is 5.10 Å². The van der Waals surface area contributed by atoms with Crippen LogP contribution in [0.4, 0.5) is 5.69 Å². The number of halogens is 1. The van der Waals surface area contributed by atoms with Crippen molar-refractivity contribution < 1.29 is 19.1 Å². The summed E-state index contributed by atoms with van der Waals surface area (Å²) in [6.45, 7) is 0. The summed E-state index contributed by atoms with van der Waals surface area (Å²) in [5.74, 6) is -1.28. The maximum absolute atomic E-state index is 12.4. The number of carbonyl (C=O) groups excluding carboxylic acids is 2. The number of allylic oxidation sites excluding steroid dienone is 2. The first-order chi connectivity index (χ1) is 12.1. The van der Waals surface area contributed by atoms with Crippen molar-refractivity contribution in [3.63, 3.8) is 0 Å². The van der Waals surface area contributed by atoms with E-state index in [1.165, 1.54) is 20.3 Å². The van der Waals surface area contributed by atoms with Crippen molar-refractivity contribution in [1.82, 2.24) is 10.2 Å². The molecule has 0 saturated heterocycles. The van der Waals surface area contributed by atoms with Crippen LogP contribution in [0, 0.1) is 0 Å². The van der Waals surface area contributed by atoms with E-state index in [1.807, 2.05) is 12.1 Å². The Morgan fingerprint density at radius 3 is 2.64 bits per heavy atom. The Hall–Kier alpha value is -2.87. The smallest absolute Gasteiger partial charge is 0.355 e. The third-order valence-electron chi connectivity index (χ3n) is 3.66. The van der Waals surface area contributed by atoms with E-state index in [1.54, 1.807) is 29.3 Å². The summed E-state index contributed by atoms with van der Waals surface area (Å²) in [6, 6.07) is 5.47. The molecule has 2 aromatic rings. The zero-order chi connectivity index (χ0) is 18.0. The summed E-state index contributed by atoms with van der Waals surface area (Å²) in [6.07, 6.45) is 6.54. The highest BCUT2D eigenvalue weighted by molar-refractivity contribution is 9.10. The number of nitrogens with one attached hydrogen (secondary N) is 1. The molecule has 2 heterocycles. The van der Waals surface area contributed by atoms with Gasteiger partial charge < -0.3 is 14.4 Å². The van der Waals surface area contributed by atoms with E-state index in [0.717, 1.165) is 9.99 Å². The molecular formula is C17H14BrN3O4. The van der Waals surface area contributed by atoms with Gasteiger partial charge in [0, 0.05) is 17.3 Å². The van der Waals surface area contributed by atoms with Crippen molar-refractivity contribution in [2.24, 2.45) is 0 Å². The number of hydrogen-bond acceptors (Lipinski definition) is 6. The lowest BCUT2D eigenvalue weighted by molar-refractivity contribution is -0.139. The average molecular weight is 404 g/mol. The summed E-state index contributed by atoms with van der Waals surface area (Å²) in [7, 11) is 2.52. The van der Waals surface area contributed by atoms with Gasteiger partial charge in [0.15, 0.2) is 0 Å². The summed E-state index contributed by atoms with van der Waals surface area (Å²) < 4.78 is 10.4. The average Bonchev–Trinajstić information content (AvgIpc) is 2.87. The van der Waals surface area contributed by atoms with Crippen molar-refractivity contribution in [3.8, 4) is 0 Å². The van der Waals surface area contributed by atoms with Gasteiger partial charge in [-0.25, -0.2) is 9.59 Å². The molecule has 1 aromatic heterocycles. The first kappa shape index (κ1) is 17.0. The SMILES string of the molecule is COC(=O)C1=C(C(=O)OC)N(c2ccc3c(Br)[nH]nc3c2)C=CC=C1. The molecule has 7 nitrogen and oxygen atoms in total. The Kier molecular flexibility index (Phi) is 4.71. The fourth-order valence-corrected chi connectivity index (χ4v) is 2.91. The van der Waals surface area contributed by atoms with Crippen LogP contribution in [-0.4, -0.2) is 36.4 Å². The van der Waals surface area contributed by atoms with E-state index in [-0.39, 0.29) is 11.3 Å². The predicted molar refractivity (Wildman–Crippen MR) is 95.6 cm³/mol. The highest BCUT2D eigenvalue weighted by atomic mass is 79.9. The van der Waals surface area contributed by atoms with Gasteiger partial charge in [0.1, 0.15) is 10.3 Å². The van der Waals surface area contributed by atoms with Crippen LogP contribution < -0.4 is 4.90 Å². The lowest BCUT2D eigenvalue weighted by Gasteiger charge is -2.23. The molecule has 0 radical (unpaired) electrons. The molecule has 3 rings (SSSR count). The van der Waals surface area contributed by atoms with Gasteiger partial charge in [-0.05, 0) is 46.3 Å². The normalized spacial score (nSPS) is 14.0. The Bertz CT molecular complexity index is 943. The van der Waals surface area contributed by atoms with E-state index in [9.17, 15) is 9.59 Å². The number of benzene rings is 1. The zero-order valence-electron chi connectivity index (χ0n) is 13.4. The van der Waals surface area contributed by atoms with E-state index in [4.69, 9.17) is 9.47 Å². The molecule has 0 amide bonds. The summed E-state index contributed by atoms with van der Waals surface area (Å²) in [5.41, 5.74) is 1.52. The van der Waals surface area contributed by atoms with Gasteiger partial charge in [0.2, 0.25) is 0 Å². The summed E-state index contributed by atoms with van der Waals surface area (Å²) in [4.78, 5) is 26.1. The number of hydrogen-bond donors (Lipinski definition) is 1. The third kappa shape index (κ3) is 3.08. The Labute approximate surface area is 151 Å². The largest absolute Gasteiger partial charge is 0.465 e. The van der Waals surface area contributed by atoms with Gasteiger partial charge in [-0.2, -0.15) is 5.10 Å². The molecule has 1 aromatic carbocycles. The topological polar surface area (TPSA) is 84.5 Å². The van der Waals surface area contributed by atoms with Crippen LogP contribution in [0.15, 0.2) is 58.5 Å². The van der Waals surface area contributed by atoms with Crippen molar-refractivity contribution in [2.45, 2.75) is 0 Å². The van der Waals surface area contributed by atoms with E-state index in [2.05, 4.69) is 26.1 Å². The van der Waals surface area contributed by atoms with Crippen molar-refractivity contribution in [2.75, 3.05) is 19.1 Å². The predicted octanol–water partition coefficient (Wildman–Crippen LogP) is 2.82. The number of rotatable bonds is 3. The first-order valence-corrected chi connectivity index (χ1v) is 8.04. The molecule has 25 heavy (non-hydrogen) atoms. The Balaban J connectivity index is 2.19. The number of fused-ring (bicyclic) bond motifs is 1. The zero-order valence-corrected chi connectivity index (χ0v) is 15.0. The van der Waals surface area contributed by atoms with Crippen molar-refractivity contribution in [3.05, 3.63) is 58.5 Å². The third-order valence-corrected chi connectivity index (χ3v) is 4.26. The number of ether oxygens (including phenoxy) is 2. The van der Waals surface area contributed by atoms with Crippen LogP contribution in [-0.2, 0) is 19.1 Å². The molecule has 0 saturated carbocycles. The minimum atomic E-state index is -0.653. The number of aromatic nitrogens is 2. The van der Waals surface area contributed by atoms with E-state index < -0.39 is 11.9 Å². The van der Waals surface area contributed by atoms with Gasteiger partial charge in [0.05, 0.1) is 25.3 Å². The minimum Gasteiger partial charge on any atom is -0.465 e. The molecule has 8 heteroatoms. The lowest BCUT2D eigenvalue weighted by Crippen LogP contribution is -2.26. The number of nitrogens with zero attached hydrogens (tertiary/aromatic N) is 2. The van der Waals surface area contributed by atoms with Gasteiger partial charge >= 0.3 is 11.9 Å². The lowest BCUT2D eigenvalue weighted by atomic mass is 10.1. The molecule has 1 aliphatic rings. The van der Waals surface area contributed by atoms with Gasteiger partial charge in [0.25, 0.3) is 0 Å². The number of anilines is 1. The van der Waals surface area contributed by atoms with Crippen LogP contribution in [0.2, 0.25) is 0 Å². The Morgan fingerprint density at radius 2 is 1.92 bits per heavy atom. The van der Waals surface area contributed by atoms with Gasteiger partial charge in [-0.15, -0.1) is 0 Å². The number of carbonyl (C=O) groups is 2. The van der Waals surface area contributed by atoms with E-state index in [0.29, 0.717) is 11.2 Å². The molecule has 1 aliphatic heterocycles. The van der Waals surface area contributed by atoms with Crippen LogP contribution in [0.25, 0.3) is 10.9 Å². The Morgan fingerprint density at radius 1 is 1.16 bits per heavy atom. The molecule has 1 N–H and O–H groups in total. The van der Waals surface area contributed by atoms with Crippen molar-refractivity contribution >= 4 is 44.5 Å². The van der Waals surface area contributed by atoms with Gasteiger partial charge in [-0.1, -0.05) is 6.08 Å². The van der Waals surface area contributed by atoms with E-state index >= 15 is 0 Å². The summed E-state index contributed by atoms with van der Waals surface area (Å²) in [5, 5.41) is 7.94. The maximum atomic E-state index is 12.4. The number of H-pyrrole nitrogens is 1. The molecule has 0 aliphatic carbocycles. The maximum Gasteiger partial charge on any atom is 0.355 e. The van der Waals surface area contributed by atoms with Crippen LogP contribution in [0.5, 0.6) is 0 Å². The highest BCUT2D eigenvalue weighted by Gasteiger charge is 2.27. The van der Waals surface area contributed by atoms with Crippen LogP contribution >= 0.6 is 15.9 Å². The molecule has 0 atom stereocenters. The fourth-order valence-electron chi connectivity index (χ4n) is 2.48. The molecule has 0 bridgehead atoms. The molecule has 0 fully saturated rings. The highest BCUT2D eigenvalue weighted by Crippen LogP contribution is 2.30. The summed E-state index contributed by atoms with van der Waals surface area (Å²) >= 11 is 3.38. The van der Waals surface area contributed by atoms with Crippen LogP contribution in [0.3, 0.4) is 0 Å². The molecule has 0 unspecified atom stereocenters. The second-order valence-corrected chi connectivity index (χ2v) is 5.85. The standard InChI is InChI=1S/C17H14BrN3O4/c1-24-16(22)12-5-3-4-8-21(14(12)17(23)25-2)10-6-7-11-13(9-10)19-20-15(11)18/h3-9H,1-2H3,(H,19,20). The number of methoxy groups -OCH3 is 2. The fraction of sp³-hybridized carbons (Fsp3) is 0.118. The quantitative estimate of drug-likeness (QED) is 0.793. The number of esters is 2. The molecule has 128 valence electrons. The van der Waals surface area contributed by atoms with Crippen molar-refractivity contribution in [1.29, 1.82) is 0 Å². The number of aromatic amines is 1. The molecule has 0 spiro atoms. The second-order valence-electron chi connectivity index (χ2n) is 5.06.